The van der Waals surface area contributed by atoms with Gasteiger partial charge in [0.05, 0.1) is 0 Å². The molecule has 3 aromatic rings. The molecule has 0 fully saturated rings. The van der Waals surface area contributed by atoms with E-state index in [1.807, 2.05) is 30.3 Å². The summed E-state index contributed by atoms with van der Waals surface area (Å²) in [6.07, 6.45) is 3.35. The number of nitrogens with two attached hydrogens (primary N) is 1. The van der Waals surface area contributed by atoms with Gasteiger partial charge in [-0.3, -0.25) is 9.59 Å². The molecule has 0 spiro atoms. The molecule has 2 amide bonds. The van der Waals surface area contributed by atoms with Crippen molar-refractivity contribution < 1.29 is 9.59 Å². The smallest absolute Gasteiger partial charge is 0.253 e. The van der Waals surface area contributed by atoms with Gasteiger partial charge in [0.2, 0.25) is 5.91 Å². The lowest BCUT2D eigenvalue weighted by Crippen LogP contribution is -2.26. The first-order valence-corrected chi connectivity index (χ1v) is 9.70. The summed E-state index contributed by atoms with van der Waals surface area (Å²) in [4.78, 5) is 29.4. The van der Waals surface area contributed by atoms with Crippen LogP contribution in [0.5, 0.6) is 0 Å². The number of nitrogens with zero attached hydrogens (tertiary/aromatic N) is 1. The number of primary amides is 1. The summed E-state index contributed by atoms with van der Waals surface area (Å²) >= 11 is 0. The third-order valence-electron chi connectivity index (χ3n) is 5.69. The number of aromatic amines is 1. The van der Waals surface area contributed by atoms with Crippen LogP contribution in [0.3, 0.4) is 0 Å². The molecule has 28 heavy (non-hydrogen) atoms. The zero-order chi connectivity index (χ0) is 19.8. The lowest BCUT2D eigenvalue weighted by molar-refractivity contribution is 0.0785. The molecule has 0 bridgehead atoms. The van der Waals surface area contributed by atoms with Crippen molar-refractivity contribution in [1.29, 1.82) is 0 Å². The number of fused-ring (bicyclic) bond motifs is 3. The Morgan fingerprint density at radius 2 is 1.86 bits per heavy atom. The average Bonchev–Trinajstić information content (AvgIpc) is 3.04. The molecule has 2 aromatic carbocycles. The summed E-state index contributed by atoms with van der Waals surface area (Å²) in [5, 5.41) is 1.17. The summed E-state index contributed by atoms with van der Waals surface area (Å²) < 4.78 is 0. The zero-order valence-corrected chi connectivity index (χ0v) is 16.3. The first-order chi connectivity index (χ1) is 13.4. The SMILES string of the molecule is C[C@@H]1CCc2[nH]c3ccc(C(=O)N(C)Cc4ccc(C(N)=O)cc4)cc3c2C1. The summed E-state index contributed by atoms with van der Waals surface area (Å²) in [6, 6.07) is 13.0. The van der Waals surface area contributed by atoms with Crippen LogP contribution in [-0.4, -0.2) is 28.7 Å². The third-order valence-corrected chi connectivity index (χ3v) is 5.69. The van der Waals surface area contributed by atoms with Crippen molar-refractivity contribution >= 4 is 22.7 Å². The molecular weight excluding hydrogens is 350 g/mol. The second-order valence-electron chi connectivity index (χ2n) is 7.91. The Morgan fingerprint density at radius 3 is 2.57 bits per heavy atom. The molecule has 0 radical (unpaired) electrons. The maximum absolute atomic E-state index is 13.0. The molecule has 1 aromatic heterocycles. The maximum Gasteiger partial charge on any atom is 0.253 e. The van der Waals surface area contributed by atoms with Gasteiger partial charge in [-0.05, 0) is 66.6 Å². The van der Waals surface area contributed by atoms with Gasteiger partial charge < -0.3 is 15.6 Å². The van der Waals surface area contributed by atoms with Crippen molar-refractivity contribution in [3.05, 3.63) is 70.4 Å². The van der Waals surface area contributed by atoms with E-state index in [1.165, 1.54) is 23.1 Å². The van der Waals surface area contributed by atoms with E-state index < -0.39 is 5.91 Å². The number of carbonyl (C=O) groups excluding carboxylic acids is 2. The maximum atomic E-state index is 13.0. The minimum atomic E-state index is -0.451. The number of hydrogen-bond donors (Lipinski definition) is 2. The number of H-pyrrole nitrogens is 1. The molecule has 0 saturated heterocycles. The van der Waals surface area contributed by atoms with Gasteiger partial charge in [0.15, 0.2) is 0 Å². The standard InChI is InChI=1S/C23H25N3O2/c1-14-3-9-20-18(11-14)19-12-17(8-10-21(19)25-20)23(28)26(2)13-15-4-6-16(7-5-15)22(24)27/h4-8,10,12,14,25H,3,9,11,13H2,1-2H3,(H2,24,27)/t14-/m1/s1. The van der Waals surface area contributed by atoms with E-state index in [1.54, 1.807) is 24.1 Å². The van der Waals surface area contributed by atoms with E-state index in [9.17, 15) is 9.59 Å². The van der Waals surface area contributed by atoms with E-state index in [-0.39, 0.29) is 5.91 Å². The highest BCUT2D eigenvalue weighted by Gasteiger charge is 2.21. The highest BCUT2D eigenvalue weighted by molar-refractivity contribution is 5.99. The Hall–Kier alpha value is -3.08. The first kappa shape index (κ1) is 18.3. The van der Waals surface area contributed by atoms with Crippen molar-refractivity contribution in [1.82, 2.24) is 9.88 Å². The Labute approximate surface area is 164 Å². The average molecular weight is 375 g/mol. The molecule has 3 N–H and O–H groups in total. The molecule has 1 heterocycles. The topological polar surface area (TPSA) is 79.2 Å². The summed E-state index contributed by atoms with van der Waals surface area (Å²) in [5.41, 5.74) is 11.2. The second kappa shape index (κ2) is 7.15. The molecule has 144 valence electrons. The highest BCUT2D eigenvalue weighted by atomic mass is 16.2. The molecule has 4 rings (SSSR count). The Kier molecular flexibility index (Phi) is 4.67. The first-order valence-electron chi connectivity index (χ1n) is 9.70. The summed E-state index contributed by atoms with van der Waals surface area (Å²) in [7, 11) is 1.79. The van der Waals surface area contributed by atoms with E-state index in [0.717, 1.165) is 23.9 Å². The predicted octanol–water partition coefficient (Wildman–Crippen LogP) is 3.66. The highest BCUT2D eigenvalue weighted by Crippen LogP contribution is 2.32. The number of aryl methyl sites for hydroxylation is 1. The summed E-state index contributed by atoms with van der Waals surface area (Å²) in [5.74, 6) is 0.213. The van der Waals surface area contributed by atoms with Crippen molar-refractivity contribution in [3.63, 3.8) is 0 Å². The van der Waals surface area contributed by atoms with E-state index >= 15 is 0 Å². The summed E-state index contributed by atoms with van der Waals surface area (Å²) in [6.45, 7) is 2.76. The van der Waals surface area contributed by atoms with Crippen molar-refractivity contribution in [2.45, 2.75) is 32.7 Å². The van der Waals surface area contributed by atoms with Crippen LogP contribution >= 0.6 is 0 Å². The minimum Gasteiger partial charge on any atom is -0.366 e. The quantitative estimate of drug-likeness (QED) is 0.730. The van der Waals surface area contributed by atoms with Crippen LogP contribution in [0.1, 0.15) is 50.9 Å². The fraction of sp³-hybridized carbons (Fsp3) is 0.304. The van der Waals surface area contributed by atoms with E-state index in [2.05, 4.69) is 11.9 Å². The number of benzene rings is 2. The van der Waals surface area contributed by atoms with Crippen LogP contribution in [0.15, 0.2) is 42.5 Å². The van der Waals surface area contributed by atoms with Crippen molar-refractivity contribution in [2.24, 2.45) is 11.7 Å². The van der Waals surface area contributed by atoms with Gasteiger partial charge in [0.25, 0.3) is 5.91 Å². The predicted molar refractivity (Wildman–Crippen MR) is 110 cm³/mol. The van der Waals surface area contributed by atoms with Gasteiger partial charge in [-0.25, -0.2) is 0 Å². The van der Waals surface area contributed by atoms with Gasteiger partial charge in [-0.1, -0.05) is 19.1 Å². The van der Waals surface area contributed by atoms with Crippen LogP contribution in [-0.2, 0) is 19.4 Å². The largest absolute Gasteiger partial charge is 0.366 e. The van der Waals surface area contributed by atoms with E-state index in [4.69, 9.17) is 5.73 Å². The Morgan fingerprint density at radius 1 is 1.14 bits per heavy atom. The van der Waals surface area contributed by atoms with Gasteiger partial charge in [0.1, 0.15) is 0 Å². The normalized spacial score (nSPS) is 16.0. The zero-order valence-electron chi connectivity index (χ0n) is 16.3. The molecule has 5 nitrogen and oxygen atoms in total. The number of nitrogens with one attached hydrogen (secondary N) is 1. The second-order valence-corrected chi connectivity index (χ2v) is 7.91. The van der Waals surface area contributed by atoms with Gasteiger partial charge in [-0.15, -0.1) is 0 Å². The third kappa shape index (κ3) is 3.40. The number of carbonyl (C=O) groups is 2. The number of rotatable bonds is 4. The molecule has 1 aliphatic rings. The number of aromatic nitrogens is 1. The Balaban J connectivity index is 1.56. The van der Waals surface area contributed by atoms with Crippen LogP contribution in [0, 0.1) is 5.92 Å². The van der Waals surface area contributed by atoms with Crippen LogP contribution in [0.4, 0.5) is 0 Å². The van der Waals surface area contributed by atoms with Gasteiger partial charge >= 0.3 is 0 Å². The lowest BCUT2D eigenvalue weighted by Gasteiger charge is -2.19. The number of hydrogen-bond acceptors (Lipinski definition) is 2. The van der Waals surface area contributed by atoms with Crippen LogP contribution in [0.2, 0.25) is 0 Å². The van der Waals surface area contributed by atoms with E-state index in [0.29, 0.717) is 23.6 Å². The fourth-order valence-corrected chi connectivity index (χ4v) is 4.06. The Bertz CT molecular complexity index is 1050. The molecule has 0 unspecified atom stereocenters. The van der Waals surface area contributed by atoms with Crippen LogP contribution < -0.4 is 5.73 Å². The number of amides is 2. The molecule has 0 aliphatic heterocycles. The monoisotopic (exact) mass is 375 g/mol. The molecular formula is C23H25N3O2. The van der Waals surface area contributed by atoms with Crippen molar-refractivity contribution in [3.8, 4) is 0 Å². The van der Waals surface area contributed by atoms with Crippen molar-refractivity contribution in [2.75, 3.05) is 7.05 Å². The molecule has 5 heteroatoms. The molecule has 1 atom stereocenters. The fourth-order valence-electron chi connectivity index (χ4n) is 4.06. The van der Waals surface area contributed by atoms with Gasteiger partial charge in [-0.2, -0.15) is 0 Å². The lowest BCUT2D eigenvalue weighted by atomic mass is 9.87. The van der Waals surface area contributed by atoms with Crippen LogP contribution in [0.25, 0.3) is 10.9 Å². The van der Waals surface area contributed by atoms with Gasteiger partial charge in [0, 0.05) is 41.3 Å². The molecule has 1 aliphatic carbocycles. The molecule has 0 saturated carbocycles. The minimum absolute atomic E-state index is 0.0142.